The monoisotopic (exact) mass is 458 g/mol. The number of methoxy groups -OCH3 is 2. The number of hydrogen-bond donors (Lipinski definition) is 1. The molecule has 0 aliphatic heterocycles. The van der Waals surface area contributed by atoms with E-state index in [-0.39, 0.29) is 0 Å². The van der Waals surface area contributed by atoms with Crippen LogP contribution in [0.25, 0.3) is 28.2 Å². The van der Waals surface area contributed by atoms with E-state index in [4.69, 9.17) is 19.4 Å². The fraction of sp³-hybridized carbons (Fsp3) is 0.167. The van der Waals surface area contributed by atoms with Gasteiger partial charge >= 0.3 is 0 Å². The lowest BCUT2D eigenvalue weighted by Crippen LogP contribution is -2.08. The van der Waals surface area contributed by atoms with Gasteiger partial charge in [0.05, 0.1) is 19.9 Å². The minimum atomic E-state index is 0.543. The van der Waals surface area contributed by atoms with Gasteiger partial charge in [0.1, 0.15) is 12.1 Å². The zero-order valence-corrected chi connectivity index (χ0v) is 19.0. The Labute approximate surface area is 194 Å². The highest BCUT2D eigenvalue weighted by Crippen LogP contribution is 2.27. The molecule has 4 aromatic heterocycles. The predicted molar refractivity (Wildman–Crippen MR) is 130 cm³/mol. The fourth-order valence-electron chi connectivity index (χ4n) is 3.49. The lowest BCUT2D eigenvalue weighted by atomic mass is 10.1. The third-order valence-electron chi connectivity index (χ3n) is 5.25. The minimum absolute atomic E-state index is 0.543. The first kappa shape index (κ1) is 20.9. The number of thiophene rings is 1. The molecule has 5 rings (SSSR count). The van der Waals surface area contributed by atoms with Crippen molar-refractivity contribution in [1.29, 1.82) is 0 Å². The van der Waals surface area contributed by atoms with Crippen molar-refractivity contribution in [3.63, 3.8) is 0 Å². The standard InChI is InChI=1S/C24H22N6O2S/c1-31-19-6-3-16(4-7-19)9-11-25-23-21-24(30(15-27-21)18-10-12-33-14-18)29-22(28-23)17-5-8-20(32-2)26-13-17/h3-8,10,12-15H,9,11H2,1-2H3,(H,25,28,29). The summed E-state index contributed by atoms with van der Waals surface area (Å²) >= 11 is 1.63. The summed E-state index contributed by atoms with van der Waals surface area (Å²) in [4.78, 5) is 18.5. The number of ether oxygens (including phenoxy) is 2. The van der Waals surface area contributed by atoms with Crippen molar-refractivity contribution in [2.24, 2.45) is 0 Å². The molecule has 0 bridgehead atoms. The first-order valence-corrected chi connectivity index (χ1v) is 11.3. The van der Waals surface area contributed by atoms with Crippen molar-refractivity contribution in [2.45, 2.75) is 6.42 Å². The number of imidazole rings is 1. The lowest BCUT2D eigenvalue weighted by Gasteiger charge is -2.10. The number of fused-ring (bicyclic) bond motifs is 1. The van der Waals surface area contributed by atoms with Gasteiger partial charge in [-0.15, -0.1) is 0 Å². The van der Waals surface area contributed by atoms with Crippen molar-refractivity contribution in [1.82, 2.24) is 24.5 Å². The maximum atomic E-state index is 5.24. The first-order valence-electron chi connectivity index (χ1n) is 10.4. The maximum Gasteiger partial charge on any atom is 0.212 e. The molecule has 166 valence electrons. The average molecular weight is 459 g/mol. The molecule has 0 unspecified atom stereocenters. The van der Waals surface area contributed by atoms with E-state index < -0.39 is 0 Å². The van der Waals surface area contributed by atoms with E-state index in [0.717, 1.165) is 34.6 Å². The Hall–Kier alpha value is -3.98. The normalized spacial score (nSPS) is 11.0. The lowest BCUT2D eigenvalue weighted by molar-refractivity contribution is 0.398. The van der Waals surface area contributed by atoms with Crippen LogP contribution >= 0.6 is 11.3 Å². The van der Waals surface area contributed by atoms with Gasteiger partial charge in [0, 0.05) is 29.8 Å². The molecule has 0 aliphatic carbocycles. The number of pyridine rings is 1. The fourth-order valence-corrected chi connectivity index (χ4v) is 4.11. The molecule has 0 radical (unpaired) electrons. The number of hydrogen-bond acceptors (Lipinski definition) is 8. The highest BCUT2D eigenvalue weighted by atomic mass is 32.1. The molecule has 0 atom stereocenters. The topological polar surface area (TPSA) is 87.0 Å². The van der Waals surface area contributed by atoms with Gasteiger partial charge < -0.3 is 14.8 Å². The molecule has 0 saturated heterocycles. The quantitative estimate of drug-likeness (QED) is 0.363. The number of nitrogens with zero attached hydrogens (tertiary/aromatic N) is 5. The van der Waals surface area contributed by atoms with Crippen molar-refractivity contribution in [2.75, 3.05) is 26.1 Å². The summed E-state index contributed by atoms with van der Waals surface area (Å²) < 4.78 is 12.4. The number of rotatable bonds is 8. The summed E-state index contributed by atoms with van der Waals surface area (Å²) in [7, 11) is 3.26. The summed E-state index contributed by atoms with van der Waals surface area (Å²) in [6.45, 7) is 0.698. The summed E-state index contributed by atoms with van der Waals surface area (Å²) in [6.07, 6.45) is 4.33. The van der Waals surface area contributed by atoms with Gasteiger partial charge in [0.25, 0.3) is 0 Å². The van der Waals surface area contributed by atoms with E-state index in [1.54, 1.807) is 44.1 Å². The van der Waals surface area contributed by atoms with E-state index in [1.165, 1.54) is 5.56 Å². The van der Waals surface area contributed by atoms with Crippen LogP contribution in [0.5, 0.6) is 11.6 Å². The third kappa shape index (κ3) is 4.35. The Morgan fingerprint density at radius 3 is 2.55 bits per heavy atom. The van der Waals surface area contributed by atoms with Gasteiger partial charge in [-0.2, -0.15) is 11.3 Å². The average Bonchev–Trinajstić information content (AvgIpc) is 3.54. The Bertz CT molecular complexity index is 1350. The van der Waals surface area contributed by atoms with Crippen LogP contribution < -0.4 is 14.8 Å². The first-order chi connectivity index (χ1) is 16.2. The zero-order valence-electron chi connectivity index (χ0n) is 18.2. The second kappa shape index (κ2) is 9.25. The Kier molecular flexibility index (Phi) is 5.86. The Morgan fingerprint density at radius 2 is 1.85 bits per heavy atom. The van der Waals surface area contributed by atoms with Gasteiger partial charge in [-0.25, -0.2) is 19.9 Å². The van der Waals surface area contributed by atoms with E-state index >= 15 is 0 Å². The highest BCUT2D eigenvalue weighted by Gasteiger charge is 2.16. The summed E-state index contributed by atoms with van der Waals surface area (Å²) in [5.41, 5.74) is 4.48. The molecule has 8 nitrogen and oxygen atoms in total. The van der Waals surface area contributed by atoms with Crippen molar-refractivity contribution in [3.8, 4) is 28.7 Å². The molecular formula is C24H22N6O2S. The van der Waals surface area contributed by atoms with E-state index in [0.29, 0.717) is 24.1 Å². The van der Waals surface area contributed by atoms with Crippen LogP contribution in [-0.2, 0) is 6.42 Å². The predicted octanol–water partition coefficient (Wildman–Crippen LogP) is 4.61. The molecule has 0 spiro atoms. The van der Waals surface area contributed by atoms with Crippen molar-refractivity contribution < 1.29 is 9.47 Å². The Morgan fingerprint density at radius 1 is 0.970 bits per heavy atom. The number of aromatic nitrogens is 5. The van der Waals surface area contributed by atoms with E-state index in [1.807, 2.05) is 34.2 Å². The van der Waals surface area contributed by atoms with Crippen LogP contribution in [0, 0.1) is 0 Å². The van der Waals surface area contributed by atoms with Crippen molar-refractivity contribution in [3.05, 3.63) is 71.3 Å². The van der Waals surface area contributed by atoms with Crippen LogP contribution in [0.3, 0.4) is 0 Å². The second-order valence-corrected chi connectivity index (χ2v) is 8.06. The third-order valence-corrected chi connectivity index (χ3v) is 5.92. The van der Waals surface area contributed by atoms with Gasteiger partial charge in [0.15, 0.2) is 22.8 Å². The zero-order chi connectivity index (χ0) is 22.6. The summed E-state index contributed by atoms with van der Waals surface area (Å²) in [6, 6.07) is 13.8. The van der Waals surface area contributed by atoms with E-state index in [2.05, 4.69) is 32.8 Å². The largest absolute Gasteiger partial charge is 0.497 e. The van der Waals surface area contributed by atoms with Gasteiger partial charge in [-0.3, -0.25) is 4.57 Å². The summed E-state index contributed by atoms with van der Waals surface area (Å²) in [5, 5.41) is 7.55. The van der Waals surface area contributed by atoms with Crippen LogP contribution in [0.1, 0.15) is 5.56 Å². The highest BCUT2D eigenvalue weighted by molar-refractivity contribution is 7.08. The second-order valence-electron chi connectivity index (χ2n) is 7.28. The van der Waals surface area contributed by atoms with Crippen LogP contribution in [0.4, 0.5) is 5.82 Å². The smallest absolute Gasteiger partial charge is 0.212 e. The molecular weight excluding hydrogens is 436 g/mol. The van der Waals surface area contributed by atoms with Crippen LogP contribution in [0.15, 0.2) is 65.7 Å². The minimum Gasteiger partial charge on any atom is -0.497 e. The molecule has 0 aliphatic rings. The molecule has 33 heavy (non-hydrogen) atoms. The number of benzene rings is 1. The molecule has 9 heteroatoms. The molecule has 0 amide bonds. The van der Waals surface area contributed by atoms with E-state index in [9.17, 15) is 0 Å². The Balaban J connectivity index is 1.48. The molecule has 5 aromatic rings. The van der Waals surface area contributed by atoms with Gasteiger partial charge in [-0.05, 0) is 41.6 Å². The molecule has 0 saturated carbocycles. The molecule has 1 N–H and O–H groups in total. The number of anilines is 1. The maximum absolute atomic E-state index is 5.24. The van der Waals surface area contributed by atoms with Crippen LogP contribution in [-0.4, -0.2) is 45.3 Å². The molecule has 4 heterocycles. The van der Waals surface area contributed by atoms with Crippen molar-refractivity contribution >= 4 is 28.3 Å². The SMILES string of the molecule is COc1ccc(CCNc2nc(-c3ccc(OC)nc3)nc3c2ncn3-c2ccsc2)cc1. The van der Waals surface area contributed by atoms with Gasteiger partial charge in [0.2, 0.25) is 5.88 Å². The number of nitrogens with one attached hydrogen (secondary N) is 1. The van der Waals surface area contributed by atoms with Crippen LogP contribution in [0.2, 0.25) is 0 Å². The molecule has 1 aromatic carbocycles. The van der Waals surface area contributed by atoms with Gasteiger partial charge in [-0.1, -0.05) is 12.1 Å². The summed E-state index contributed by atoms with van der Waals surface area (Å²) in [5.74, 6) is 2.65. The molecule has 0 fully saturated rings.